The lowest BCUT2D eigenvalue weighted by Gasteiger charge is -2.35. The number of rotatable bonds is 4. The van der Waals surface area contributed by atoms with E-state index in [4.69, 9.17) is 5.73 Å². The Morgan fingerprint density at radius 1 is 1.12 bits per heavy atom. The number of aryl methyl sites for hydroxylation is 1. The summed E-state index contributed by atoms with van der Waals surface area (Å²) in [5.41, 5.74) is 7.69. The van der Waals surface area contributed by atoms with E-state index in [1.165, 1.54) is 17.7 Å². The highest BCUT2D eigenvalue weighted by molar-refractivity contribution is 5.50. The van der Waals surface area contributed by atoms with Crippen LogP contribution in [0.15, 0.2) is 48.5 Å². The summed E-state index contributed by atoms with van der Waals surface area (Å²) in [6.45, 7) is 2.18. The third-order valence-corrected chi connectivity index (χ3v) is 4.56. The minimum absolute atomic E-state index is 0.251. The number of nitrogens with zero attached hydrogens (tertiary/aromatic N) is 1. The zero-order valence-electron chi connectivity index (χ0n) is 13.9. The molecule has 1 saturated heterocycles. The van der Waals surface area contributed by atoms with E-state index in [9.17, 15) is 13.2 Å². The molecule has 1 heterocycles. The van der Waals surface area contributed by atoms with E-state index in [-0.39, 0.29) is 6.04 Å². The van der Waals surface area contributed by atoms with Gasteiger partial charge in [0, 0.05) is 37.1 Å². The van der Waals surface area contributed by atoms with Gasteiger partial charge in [-0.05, 0) is 48.7 Å². The molecule has 134 valence electrons. The van der Waals surface area contributed by atoms with Gasteiger partial charge in [-0.2, -0.15) is 13.2 Å². The van der Waals surface area contributed by atoms with Crippen molar-refractivity contribution in [3.8, 4) is 0 Å². The van der Waals surface area contributed by atoms with Gasteiger partial charge in [0.15, 0.2) is 0 Å². The van der Waals surface area contributed by atoms with Gasteiger partial charge in [0.05, 0.1) is 5.56 Å². The fraction of sp³-hybridized carbons (Fsp3) is 0.368. The van der Waals surface area contributed by atoms with Crippen LogP contribution in [0.1, 0.15) is 17.5 Å². The maximum Gasteiger partial charge on any atom is 0.416 e. The van der Waals surface area contributed by atoms with Gasteiger partial charge in [0.1, 0.15) is 0 Å². The van der Waals surface area contributed by atoms with Gasteiger partial charge < -0.3 is 16.0 Å². The Labute approximate surface area is 145 Å². The number of hydrogen-bond acceptors (Lipinski definition) is 3. The Morgan fingerprint density at radius 3 is 2.60 bits per heavy atom. The first-order valence-electron chi connectivity index (χ1n) is 8.42. The number of anilines is 2. The first kappa shape index (κ1) is 17.6. The Kier molecular flexibility index (Phi) is 5.18. The molecule has 1 atom stereocenters. The third-order valence-electron chi connectivity index (χ3n) is 4.56. The van der Waals surface area contributed by atoms with Gasteiger partial charge in [-0.25, -0.2) is 0 Å². The van der Waals surface area contributed by atoms with E-state index < -0.39 is 11.7 Å². The molecule has 2 aromatic rings. The molecule has 3 nitrogen and oxygen atoms in total. The van der Waals surface area contributed by atoms with Crippen LogP contribution in [-0.2, 0) is 12.6 Å². The smallest absolute Gasteiger partial charge is 0.399 e. The first-order valence-corrected chi connectivity index (χ1v) is 8.42. The van der Waals surface area contributed by atoms with Crippen LogP contribution in [0, 0.1) is 0 Å². The van der Waals surface area contributed by atoms with Crippen molar-refractivity contribution in [1.29, 1.82) is 0 Å². The van der Waals surface area contributed by atoms with Crippen molar-refractivity contribution >= 4 is 11.4 Å². The molecule has 3 N–H and O–H groups in total. The fourth-order valence-corrected chi connectivity index (χ4v) is 3.16. The molecule has 0 bridgehead atoms. The Balaban J connectivity index is 1.62. The second-order valence-corrected chi connectivity index (χ2v) is 6.43. The van der Waals surface area contributed by atoms with Gasteiger partial charge in [-0.3, -0.25) is 0 Å². The second-order valence-electron chi connectivity index (χ2n) is 6.43. The SMILES string of the molecule is Nc1ccc(CCC2CN(c3cccc(C(F)(F)F)c3)CCN2)cc1. The number of piperazine rings is 1. The second kappa shape index (κ2) is 7.35. The summed E-state index contributed by atoms with van der Waals surface area (Å²) in [4.78, 5) is 2.03. The topological polar surface area (TPSA) is 41.3 Å². The number of halogens is 3. The summed E-state index contributed by atoms with van der Waals surface area (Å²) in [6, 6.07) is 13.6. The van der Waals surface area contributed by atoms with Gasteiger partial charge in [-0.15, -0.1) is 0 Å². The molecular weight excluding hydrogens is 327 g/mol. The number of benzene rings is 2. The molecule has 0 spiro atoms. The predicted molar refractivity (Wildman–Crippen MR) is 94.6 cm³/mol. The molecule has 2 aromatic carbocycles. The largest absolute Gasteiger partial charge is 0.416 e. The lowest BCUT2D eigenvalue weighted by molar-refractivity contribution is -0.137. The molecule has 0 saturated carbocycles. The zero-order valence-corrected chi connectivity index (χ0v) is 13.9. The molecule has 3 rings (SSSR count). The van der Waals surface area contributed by atoms with Crippen LogP contribution in [0.25, 0.3) is 0 Å². The van der Waals surface area contributed by atoms with Gasteiger partial charge in [-0.1, -0.05) is 18.2 Å². The van der Waals surface area contributed by atoms with Crippen LogP contribution in [0.3, 0.4) is 0 Å². The highest BCUT2D eigenvalue weighted by atomic mass is 19.4. The van der Waals surface area contributed by atoms with E-state index in [2.05, 4.69) is 5.32 Å². The Morgan fingerprint density at radius 2 is 1.88 bits per heavy atom. The number of alkyl halides is 3. The van der Waals surface area contributed by atoms with Crippen molar-refractivity contribution in [2.75, 3.05) is 30.3 Å². The summed E-state index contributed by atoms with van der Waals surface area (Å²) in [6.07, 6.45) is -2.47. The van der Waals surface area contributed by atoms with E-state index in [0.717, 1.165) is 31.1 Å². The summed E-state index contributed by atoms with van der Waals surface area (Å²) < 4.78 is 38.7. The van der Waals surface area contributed by atoms with Crippen LogP contribution in [0.4, 0.5) is 24.5 Å². The van der Waals surface area contributed by atoms with Crippen LogP contribution in [-0.4, -0.2) is 25.7 Å². The van der Waals surface area contributed by atoms with Crippen LogP contribution in [0.5, 0.6) is 0 Å². The molecule has 1 unspecified atom stereocenters. The fourth-order valence-electron chi connectivity index (χ4n) is 3.16. The van der Waals surface area contributed by atoms with Gasteiger partial charge in [0.2, 0.25) is 0 Å². The van der Waals surface area contributed by atoms with E-state index in [1.807, 2.05) is 29.2 Å². The first-order chi connectivity index (χ1) is 11.9. The van der Waals surface area contributed by atoms with Crippen LogP contribution < -0.4 is 16.0 Å². The van der Waals surface area contributed by atoms with Crippen molar-refractivity contribution < 1.29 is 13.2 Å². The molecule has 1 fully saturated rings. The van der Waals surface area contributed by atoms with Crippen molar-refractivity contribution in [2.45, 2.75) is 25.1 Å². The molecule has 0 radical (unpaired) electrons. The van der Waals surface area contributed by atoms with E-state index >= 15 is 0 Å². The van der Waals surface area contributed by atoms with Crippen molar-refractivity contribution in [3.05, 3.63) is 59.7 Å². The predicted octanol–water partition coefficient (Wildman–Crippen LogP) is 3.70. The maximum absolute atomic E-state index is 12.9. The summed E-state index contributed by atoms with van der Waals surface area (Å²) in [7, 11) is 0. The van der Waals surface area contributed by atoms with Crippen LogP contribution >= 0.6 is 0 Å². The highest BCUT2D eigenvalue weighted by Crippen LogP contribution is 2.32. The summed E-state index contributed by atoms with van der Waals surface area (Å²) in [5.74, 6) is 0. The number of nitrogen functional groups attached to an aromatic ring is 1. The molecule has 0 aromatic heterocycles. The van der Waals surface area contributed by atoms with Crippen molar-refractivity contribution in [1.82, 2.24) is 5.32 Å². The molecule has 25 heavy (non-hydrogen) atoms. The molecule has 0 amide bonds. The lowest BCUT2D eigenvalue weighted by atomic mass is 10.0. The Bertz CT molecular complexity index is 698. The number of nitrogens with one attached hydrogen (secondary N) is 1. The van der Waals surface area contributed by atoms with Crippen molar-refractivity contribution in [2.24, 2.45) is 0 Å². The molecule has 0 aliphatic carbocycles. The quantitative estimate of drug-likeness (QED) is 0.827. The molecular formula is C19H22F3N3. The number of hydrogen-bond donors (Lipinski definition) is 2. The number of nitrogens with two attached hydrogens (primary N) is 1. The average Bonchev–Trinajstić information content (AvgIpc) is 2.61. The van der Waals surface area contributed by atoms with E-state index in [0.29, 0.717) is 18.8 Å². The molecule has 1 aliphatic heterocycles. The van der Waals surface area contributed by atoms with Crippen LogP contribution in [0.2, 0.25) is 0 Å². The Hall–Kier alpha value is -2.21. The highest BCUT2D eigenvalue weighted by Gasteiger charge is 2.31. The minimum Gasteiger partial charge on any atom is -0.399 e. The monoisotopic (exact) mass is 349 g/mol. The molecule has 6 heteroatoms. The zero-order chi connectivity index (χ0) is 17.9. The average molecular weight is 349 g/mol. The standard InChI is InChI=1S/C19H22F3N3/c20-19(21,22)15-2-1-3-18(12-15)25-11-10-24-17(13-25)9-6-14-4-7-16(23)8-5-14/h1-5,7-8,12,17,24H,6,9-11,13,23H2. The minimum atomic E-state index is -4.31. The van der Waals surface area contributed by atoms with Gasteiger partial charge in [0.25, 0.3) is 0 Å². The van der Waals surface area contributed by atoms with Gasteiger partial charge >= 0.3 is 6.18 Å². The van der Waals surface area contributed by atoms with Crippen molar-refractivity contribution in [3.63, 3.8) is 0 Å². The normalized spacial score (nSPS) is 18.4. The molecule has 1 aliphatic rings. The summed E-state index contributed by atoms with van der Waals surface area (Å²) in [5, 5.41) is 3.46. The maximum atomic E-state index is 12.9. The third kappa shape index (κ3) is 4.66. The summed E-state index contributed by atoms with van der Waals surface area (Å²) >= 11 is 0. The van der Waals surface area contributed by atoms with E-state index in [1.54, 1.807) is 6.07 Å². The lowest BCUT2D eigenvalue weighted by Crippen LogP contribution is -2.51.